The zero-order valence-corrected chi connectivity index (χ0v) is 13.6. The Kier molecular flexibility index (Phi) is 6.46. The van der Waals surface area contributed by atoms with Crippen molar-refractivity contribution in [2.24, 2.45) is 5.92 Å². The van der Waals surface area contributed by atoms with E-state index >= 15 is 0 Å². The fourth-order valence-electron chi connectivity index (χ4n) is 2.48. The Morgan fingerprint density at radius 2 is 2.00 bits per heavy atom. The Morgan fingerprint density at radius 1 is 1.18 bits per heavy atom. The summed E-state index contributed by atoms with van der Waals surface area (Å²) in [5, 5.41) is 7.55. The number of amides is 1. The van der Waals surface area contributed by atoms with Gasteiger partial charge in [-0.05, 0) is 36.9 Å². The highest BCUT2D eigenvalue weighted by atomic mass is 16.1. The summed E-state index contributed by atoms with van der Waals surface area (Å²) in [5.41, 5.74) is 2.41. The van der Waals surface area contributed by atoms with E-state index in [1.807, 2.05) is 18.3 Å². The van der Waals surface area contributed by atoms with Crippen LogP contribution in [0.15, 0.2) is 30.5 Å². The summed E-state index contributed by atoms with van der Waals surface area (Å²) in [7, 11) is 0. The van der Waals surface area contributed by atoms with Crippen LogP contribution in [0.2, 0.25) is 0 Å². The highest BCUT2D eigenvalue weighted by Crippen LogP contribution is 2.17. The molecule has 22 heavy (non-hydrogen) atoms. The lowest BCUT2D eigenvalue weighted by atomic mass is 10.1. The Bertz CT molecular complexity index is 589. The van der Waals surface area contributed by atoms with Gasteiger partial charge in [0, 0.05) is 36.6 Å². The van der Waals surface area contributed by atoms with Crippen LogP contribution < -0.4 is 10.6 Å². The van der Waals surface area contributed by atoms with Crippen LogP contribution in [0, 0.1) is 5.92 Å². The SMILES string of the molecule is CC(C)CCNCCC(=O)NCCc1c[nH]c2ccccc12. The average Bonchev–Trinajstić information content (AvgIpc) is 2.90. The van der Waals surface area contributed by atoms with Gasteiger partial charge in [0.05, 0.1) is 0 Å². The minimum atomic E-state index is 0.122. The molecule has 0 radical (unpaired) electrons. The third-order valence-corrected chi connectivity index (χ3v) is 3.82. The summed E-state index contributed by atoms with van der Waals surface area (Å²) in [4.78, 5) is 15.0. The predicted octanol–water partition coefficient (Wildman–Crippen LogP) is 2.85. The van der Waals surface area contributed by atoms with Crippen LogP contribution in [0.1, 0.15) is 32.3 Å². The lowest BCUT2D eigenvalue weighted by molar-refractivity contribution is -0.120. The van der Waals surface area contributed by atoms with E-state index in [0.717, 1.165) is 31.4 Å². The van der Waals surface area contributed by atoms with Gasteiger partial charge in [0.25, 0.3) is 0 Å². The van der Waals surface area contributed by atoms with Gasteiger partial charge in [0.1, 0.15) is 0 Å². The van der Waals surface area contributed by atoms with Gasteiger partial charge in [-0.25, -0.2) is 0 Å². The standard InChI is InChI=1S/C18H27N3O/c1-14(2)7-10-19-11-9-18(22)20-12-8-15-13-21-17-6-4-3-5-16(15)17/h3-6,13-14,19,21H,7-12H2,1-2H3,(H,20,22). The van der Waals surface area contributed by atoms with E-state index in [9.17, 15) is 4.79 Å². The number of nitrogens with one attached hydrogen (secondary N) is 3. The molecule has 0 unspecified atom stereocenters. The van der Waals surface area contributed by atoms with Crippen LogP contribution in [-0.4, -0.2) is 30.5 Å². The van der Waals surface area contributed by atoms with Gasteiger partial charge in [-0.1, -0.05) is 32.0 Å². The number of rotatable bonds is 9. The van der Waals surface area contributed by atoms with Crippen LogP contribution in [0.5, 0.6) is 0 Å². The highest BCUT2D eigenvalue weighted by Gasteiger charge is 2.04. The minimum absolute atomic E-state index is 0.122. The molecule has 0 saturated heterocycles. The van der Waals surface area contributed by atoms with Crippen molar-refractivity contribution in [1.29, 1.82) is 0 Å². The van der Waals surface area contributed by atoms with Crippen molar-refractivity contribution in [3.8, 4) is 0 Å². The normalized spacial score (nSPS) is 11.2. The number of para-hydroxylation sites is 1. The number of benzene rings is 1. The molecule has 120 valence electrons. The third-order valence-electron chi connectivity index (χ3n) is 3.82. The third kappa shape index (κ3) is 5.19. The number of aromatic amines is 1. The molecule has 0 spiro atoms. The molecule has 4 heteroatoms. The van der Waals surface area contributed by atoms with E-state index in [4.69, 9.17) is 0 Å². The molecule has 0 atom stereocenters. The molecule has 2 aromatic rings. The van der Waals surface area contributed by atoms with Crippen molar-refractivity contribution in [3.05, 3.63) is 36.0 Å². The quantitative estimate of drug-likeness (QED) is 0.624. The second kappa shape index (κ2) is 8.59. The number of carbonyl (C=O) groups is 1. The first kappa shape index (κ1) is 16.6. The number of hydrogen-bond donors (Lipinski definition) is 3. The van der Waals surface area contributed by atoms with Crippen molar-refractivity contribution in [2.45, 2.75) is 33.1 Å². The van der Waals surface area contributed by atoms with Crippen LogP contribution in [0.4, 0.5) is 0 Å². The van der Waals surface area contributed by atoms with Crippen molar-refractivity contribution < 1.29 is 4.79 Å². The summed E-state index contributed by atoms with van der Waals surface area (Å²) < 4.78 is 0. The monoisotopic (exact) mass is 301 g/mol. The fourth-order valence-corrected chi connectivity index (χ4v) is 2.48. The first-order chi connectivity index (χ1) is 10.7. The van der Waals surface area contributed by atoms with Crippen LogP contribution in [0.3, 0.4) is 0 Å². The van der Waals surface area contributed by atoms with Crippen LogP contribution in [-0.2, 0) is 11.2 Å². The Balaban J connectivity index is 1.63. The average molecular weight is 301 g/mol. The van der Waals surface area contributed by atoms with E-state index in [0.29, 0.717) is 18.9 Å². The minimum Gasteiger partial charge on any atom is -0.361 e. The van der Waals surface area contributed by atoms with Gasteiger partial charge >= 0.3 is 0 Å². The number of fused-ring (bicyclic) bond motifs is 1. The van der Waals surface area contributed by atoms with Gasteiger partial charge < -0.3 is 15.6 Å². The van der Waals surface area contributed by atoms with Gasteiger partial charge in [0.15, 0.2) is 0 Å². The second-order valence-electron chi connectivity index (χ2n) is 6.14. The first-order valence-electron chi connectivity index (χ1n) is 8.19. The zero-order chi connectivity index (χ0) is 15.8. The lowest BCUT2D eigenvalue weighted by Crippen LogP contribution is -2.29. The van der Waals surface area contributed by atoms with Gasteiger partial charge in [0.2, 0.25) is 5.91 Å². The molecule has 1 amide bonds. The number of aromatic nitrogens is 1. The fraction of sp³-hybridized carbons (Fsp3) is 0.500. The molecule has 0 aliphatic carbocycles. The molecule has 3 N–H and O–H groups in total. The molecule has 1 heterocycles. The Hall–Kier alpha value is -1.81. The molecule has 1 aromatic carbocycles. The van der Waals surface area contributed by atoms with Gasteiger partial charge in [-0.15, -0.1) is 0 Å². The number of H-pyrrole nitrogens is 1. The molecule has 0 bridgehead atoms. The number of hydrogen-bond acceptors (Lipinski definition) is 2. The summed E-state index contributed by atoms with van der Waals surface area (Å²) in [5.74, 6) is 0.828. The number of carbonyl (C=O) groups excluding carboxylic acids is 1. The van der Waals surface area contributed by atoms with Crippen LogP contribution >= 0.6 is 0 Å². The molecule has 0 fully saturated rings. The summed E-state index contributed by atoms with van der Waals surface area (Å²) in [6.45, 7) is 6.84. The second-order valence-corrected chi connectivity index (χ2v) is 6.14. The molecule has 2 rings (SSSR count). The molecule has 4 nitrogen and oxygen atoms in total. The van der Waals surface area contributed by atoms with E-state index in [-0.39, 0.29) is 5.91 Å². The maximum atomic E-state index is 11.8. The van der Waals surface area contributed by atoms with Crippen molar-refractivity contribution in [2.75, 3.05) is 19.6 Å². The molecule has 0 aliphatic heterocycles. The van der Waals surface area contributed by atoms with E-state index in [1.54, 1.807) is 0 Å². The van der Waals surface area contributed by atoms with Crippen molar-refractivity contribution >= 4 is 16.8 Å². The van der Waals surface area contributed by atoms with Crippen molar-refractivity contribution in [3.63, 3.8) is 0 Å². The highest BCUT2D eigenvalue weighted by molar-refractivity contribution is 5.83. The van der Waals surface area contributed by atoms with Gasteiger partial charge in [-0.3, -0.25) is 4.79 Å². The summed E-state index contributed by atoms with van der Waals surface area (Å²) >= 11 is 0. The maximum Gasteiger partial charge on any atom is 0.221 e. The molecular formula is C18H27N3O. The first-order valence-corrected chi connectivity index (χ1v) is 8.19. The molecule has 0 saturated carbocycles. The lowest BCUT2D eigenvalue weighted by Gasteiger charge is -2.07. The largest absolute Gasteiger partial charge is 0.361 e. The van der Waals surface area contributed by atoms with E-state index in [1.165, 1.54) is 10.9 Å². The van der Waals surface area contributed by atoms with Crippen LogP contribution in [0.25, 0.3) is 10.9 Å². The summed E-state index contributed by atoms with van der Waals surface area (Å²) in [6, 6.07) is 8.25. The zero-order valence-electron chi connectivity index (χ0n) is 13.6. The Labute approximate surface area is 132 Å². The van der Waals surface area contributed by atoms with Crippen molar-refractivity contribution in [1.82, 2.24) is 15.6 Å². The molecule has 0 aliphatic rings. The maximum absolute atomic E-state index is 11.8. The summed E-state index contributed by atoms with van der Waals surface area (Å²) in [6.07, 6.45) is 4.59. The molecular weight excluding hydrogens is 274 g/mol. The van der Waals surface area contributed by atoms with E-state index in [2.05, 4.69) is 41.6 Å². The topological polar surface area (TPSA) is 56.9 Å². The van der Waals surface area contributed by atoms with E-state index < -0.39 is 0 Å². The smallest absolute Gasteiger partial charge is 0.221 e. The molecule has 1 aromatic heterocycles. The Morgan fingerprint density at radius 3 is 2.82 bits per heavy atom. The van der Waals surface area contributed by atoms with Gasteiger partial charge in [-0.2, -0.15) is 0 Å². The predicted molar refractivity (Wildman–Crippen MR) is 92.0 cm³/mol.